The van der Waals surface area contributed by atoms with Gasteiger partial charge >= 0.3 is 0 Å². The molecular weight excluding hydrogens is 252 g/mol. The van der Waals surface area contributed by atoms with Gasteiger partial charge in [0, 0.05) is 0 Å². The zero-order valence-corrected chi connectivity index (χ0v) is 12.1. The number of benzene rings is 3. The fourth-order valence-corrected chi connectivity index (χ4v) is 4.10. The lowest BCUT2D eigenvalue weighted by molar-refractivity contribution is 1.21. The molecule has 0 aliphatic heterocycles. The van der Waals surface area contributed by atoms with Gasteiger partial charge < -0.3 is 0 Å². The molecule has 2 aliphatic carbocycles. The molecule has 2 aliphatic rings. The summed E-state index contributed by atoms with van der Waals surface area (Å²) in [6.07, 6.45) is 2.18. The second-order valence-electron chi connectivity index (χ2n) is 6.24. The number of hydrogen-bond acceptors (Lipinski definition) is 0. The first-order valence-electron chi connectivity index (χ1n) is 7.65. The van der Waals surface area contributed by atoms with E-state index in [9.17, 15) is 0 Å². The van der Waals surface area contributed by atoms with Gasteiger partial charge in [0.1, 0.15) is 0 Å². The van der Waals surface area contributed by atoms with Crippen molar-refractivity contribution in [3.05, 3.63) is 82.4 Å². The van der Waals surface area contributed by atoms with Gasteiger partial charge in [0.2, 0.25) is 0 Å². The highest BCUT2D eigenvalue weighted by atomic mass is 14.3. The molecular formula is C21H16. The average Bonchev–Trinajstić information content (AvgIpc) is 3.05. The van der Waals surface area contributed by atoms with E-state index in [1.165, 1.54) is 44.5 Å². The highest BCUT2D eigenvalue weighted by Gasteiger charge is 2.28. The fraction of sp³-hybridized carbons (Fsp3) is 0.143. The number of aryl methyl sites for hydroxylation is 1. The third kappa shape index (κ3) is 1.40. The van der Waals surface area contributed by atoms with Gasteiger partial charge in [-0.3, -0.25) is 0 Å². The summed E-state index contributed by atoms with van der Waals surface area (Å²) in [6.45, 7) is 2.24. The molecule has 0 amide bonds. The Morgan fingerprint density at radius 3 is 2.38 bits per heavy atom. The molecule has 0 aromatic heterocycles. The summed E-state index contributed by atoms with van der Waals surface area (Å²) in [5, 5.41) is 0. The van der Waals surface area contributed by atoms with Crippen LogP contribution in [0.25, 0.3) is 22.3 Å². The van der Waals surface area contributed by atoms with Crippen LogP contribution in [-0.2, 0) is 12.8 Å². The summed E-state index contributed by atoms with van der Waals surface area (Å²) in [4.78, 5) is 0. The smallest absolute Gasteiger partial charge is 0.000455 e. The summed E-state index contributed by atoms with van der Waals surface area (Å²) >= 11 is 0. The van der Waals surface area contributed by atoms with Crippen LogP contribution < -0.4 is 0 Å². The van der Waals surface area contributed by atoms with E-state index in [1.54, 1.807) is 5.56 Å². The standard InChI is InChI=1S/C21H16/c1-13-5-4-8-17-18-10-9-15-11-14-6-2-3-7-16(14)21(15)20(18)12-19(13)17/h2-10H,11-12H2,1H3. The minimum atomic E-state index is 1.09. The quantitative estimate of drug-likeness (QED) is 0.365. The second kappa shape index (κ2) is 3.85. The Morgan fingerprint density at radius 1 is 0.619 bits per heavy atom. The highest BCUT2D eigenvalue weighted by molar-refractivity contribution is 5.90. The lowest BCUT2D eigenvalue weighted by atomic mass is 9.95. The van der Waals surface area contributed by atoms with Crippen LogP contribution in [0.2, 0.25) is 0 Å². The zero-order valence-electron chi connectivity index (χ0n) is 12.1. The van der Waals surface area contributed by atoms with Gasteiger partial charge in [-0.2, -0.15) is 0 Å². The van der Waals surface area contributed by atoms with E-state index in [2.05, 4.69) is 61.5 Å². The summed E-state index contributed by atoms with van der Waals surface area (Å²) < 4.78 is 0. The summed E-state index contributed by atoms with van der Waals surface area (Å²) in [5.41, 5.74) is 13.3. The van der Waals surface area contributed by atoms with Crippen molar-refractivity contribution < 1.29 is 0 Å². The molecule has 3 aromatic carbocycles. The molecule has 0 heterocycles. The van der Waals surface area contributed by atoms with Crippen molar-refractivity contribution in [1.29, 1.82) is 0 Å². The van der Waals surface area contributed by atoms with Crippen molar-refractivity contribution >= 4 is 0 Å². The van der Waals surface area contributed by atoms with Crippen LogP contribution in [0, 0.1) is 6.92 Å². The van der Waals surface area contributed by atoms with Crippen LogP contribution in [0.5, 0.6) is 0 Å². The van der Waals surface area contributed by atoms with Gasteiger partial charge in [-0.05, 0) is 69.8 Å². The normalized spacial score (nSPS) is 13.6. The third-order valence-corrected chi connectivity index (χ3v) is 5.12. The van der Waals surface area contributed by atoms with Crippen molar-refractivity contribution in [1.82, 2.24) is 0 Å². The SMILES string of the molecule is Cc1cccc2c1Cc1c-2ccc2c1-c1ccccc1C2. The van der Waals surface area contributed by atoms with Crippen LogP contribution in [-0.4, -0.2) is 0 Å². The van der Waals surface area contributed by atoms with Crippen LogP contribution in [0.1, 0.15) is 27.8 Å². The Morgan fingerprint density at radius 2 is 1.43 bits per heavy atom. The third-order valence-electron chi connectivity index (χ3n) is 5.12. The molecule has 0 nitrogen and oxygen atoms in total. The van der Waals surface area contributed by atoms with Gasteiger partial charge in [0.05, 0.1) is 0 Å². The zero-order chi connectivity index (χ0) is 14.0. The molecule has 0 atom stereocenters. The Bertz CT molecular complexity index is 900. The van der Waals surface area contributed by atoms with E-state index in [0.29, 0.717) is 0 Å². The molecule has 0 radical (unpaired) electrons. The van der Waals surface area contributed by atoms with Crippen molar-refractivity contribution in [3.63, 3.8) is 0 Å². The van der Waals surface area contributed by atoms with Crippen LogP contribution in [0.4, 0.5) is 0 Å². The summed E-state index contributed by atoms with van der Waals surface area (Å²) in [5.74, 6) is 0. The van der Waals surface area contributed by atoms with E-state index in [0.717, 1.165) is 12.8 Å². The maximum absolute atomic E-state index is 2.34. The van der Waals surface area contributed by atoms with Crippen molar-refractivity contribution in [2.45, 2.75) is 19.8 Å². The topological polar surface area (TPSA) is 0 Å². The van der Waals surface area contributed by atoms with Gasteiger partial charge in [-0.25, -0.2) is 0 Å². The summed E-state index contributed by atoms with van der Waals surface area (Å²) in [6, 6.07) is 20.3. The molecule has 100 valence electrons. The molecule has 0 fully saturated rings. The molecule has 0 heteroatoms. The highest BCUT2D eigenvalue weighted by Crippen LogP contribution is 2.47. The molecule has 5 rings (SSSR count). The van der Waals surface area contributed by atoms with Crippen LogP contribution in [0.3, 0.4) is 0 Å². The first-order valence-corrected chi connectivity index (χ1v) is 7.65. The monoisotopic (exact) mass is 268 g/mol. The molecule has 0 unspecified atom stereocenters. The molecule has 0 saturated heterocycles. The maximum Gasteiger partial charge on any atom is -0.000455 e. The molecule has 0 N–H and O–H groups in total. The first kappa shape index (κ1) is 11.3. The molecule has 21 heavy (non-hydrogen) atoms. The first-order chi connectivity index (χ1) is 10.3. The molecule has 0 saturated carbocycles. The lowest BCUT2D eigenvalue weighted by Gasteiger charge is -2.08. The van der Waals surface area contributed by atoms with Crippen LogP contribution in [0.15, 0.2) is 54.6 Å². The van der Waals surface area contributed by atoms with Gasteiger partial charge in [0.15, 0.2) is 0 Å². The van der Waals surface area contributed by atoms with E-state index in [4.69, 9.17) is 0 Å². The van der Waals surface area contributed by atoms with Gasteiger partial charge in [-0.15, -0.1) is 0 Å². The Hall–Kier alpha value is -2.34. The minimum Gasteiger partial charge on any atom is -0.0619 e. The molecule has 0 spiro atoms. The van der Waals surface area contributed by atoms with E-state index < -0.39 is 0 Å². The molecule has 0 bridgehead atoms. The molecule has 3 aromatic rings. The lowest BCUT2D eigenvalue weighted by Crippen LogP contribution is -1.89. The average molecular weight is 268 g/mol. The maximum atomic E-state index is 2.34. The minimum absolute atomic E-state index is 1.09. The van der Waals surface area contributed by atoms with Gasteiger partial charge in [0.25, 0.3) is 0 Å². The summed E-state index contributed by atoms with van der Waals surface area (Å²) in [7, 11) is 0. The number of rotatable bonds is 0. The Labute approximate surface area is 125 Å². The van der Waals surface area contributed by atoms with Crippen molar-refractivity contribution in [2.24, 2.45) is 0 Å². The van der Waals surface area contributed by atoms with E-state index >= 15 is 0 Å². The second-order valence-corrected chi connectivity index (χ2v) is 6.24. The van der Waals surface area contributed by atoms with E-state index in [1.807, 2.05) is 0 Å². The Balaban J connectivity index is 1.83. The van der Waals surface area contributed by atoms with Crippen LogP contribution >= 0.6 is 0 Å². The fourth-order valence-electron chi connectivity index (χ4n) is 4.10. The largest absolute Gasteiger partial charge is 0.0619 e. The number of hydrogen-bond donors (Lipinski definition) is 0. The predicted octanol–water partition coefficient (Wildman–Crippen LogP) is 5.14. The predicted molar refractivity (Wildman–Crippen MR) is 87.7 cm³/mol. The number of fused-ring (bicyclic) bond motifs is 7. The van der Waals surface area contributed by atoms with Gasteiger partial charge in [-0.1, -0.05) is 54.6 Å². The van der Waals surface area contributed by atoms with E-state index in [-0.39, 0.29) is 0 Å². The van der Waals surface area contributed by atoms with Crippen molar-refractivity contribution in [3.8, 4) is 22.3 Å². The van der Waals surface area contributed by atoms with Crippen molar-refractivity contribution in [2.75, 3.05) is 0 Å². The Kier molecular flexibility index (Phi) is 2.08.